The first-order chi connectivity index (χ1) is 8.75. The Kier molecular flexibility index (Phi) is 4.64. The molecule has 0 radical (unpaired) electrons. The van der Waals surface area contributed by atoms with Gasteiger partial charge in [-0.2, -0.15) is 5.26 Å². The molecular formula is C15H27N3. The number of nitrogens with zero attached hydrogens (tertiary/aromatic N) is 2. The third-order valence-corrected chi connectivity index (χ3v) is 4.84. The summed E-state index contributed by atoms with van der Waals surface area (Å²) in [4.78, 5) is 2.59. The first kappa shape index (κ1) is 13.8. The van der Waals surface area contributed by atoms with Crippen LogP contribution in [0.5, 0.6) is 0 Å². The molecule has 2 aliphatic rings. The van der Waals surface area contributed by atoms with Crippen LogP contribution in [0.25, 0.3) is 0 Å². The summed E-state index contributed by atoms with van der Waals surface area (Å²) in [6, 6.07) is 3.27. The van der Waals surface area contributed by atoms with Crippen LogP contribution in [-0.2, 0) is 0 Å². The van der Waals surface area contributed by atoms with E-state index in [1.165, 1.54) is 51.5 Å². The van der Waals surface area contributed by atoms with E-state index in [9.17, 15) is 5.26 Å². The molecule has 2 rings (SSSR count). The Morgan fingerprint density at radius 2 is 2.06 bits per heavy atom. The van der Waals surface area contributed by atoms with Gasteiger partial charge in [-0.15, -0.1) is 0 Å². The van der Waals surface area contributed by atoms with E-state index in [-0.39, 0.29) is 5.54 Å². The van der Waals surface area contributed by atoms with Crippen molar-refractivity contribution in [1.29, 1.82) is 5.26 Å². The zero-order valence-corrected chi connectivity index (χ0v) is 11.9. The first-order valence-corrected chi connectivity index (χ1v) is 7.60. The summed E-state index contributed by atoms with van der Waals surface area (Å²) in [6.07, 6.45) is 8.99. The highest BCUT2D eigenvalue weighted by molar-refractivity contribution is 5.16. The summed E-state index contributed by atoms with van der Waals surface area (Å²) in [5.41, 5.74) is -0.294. The fourth-order valence-electron chi connectivity index (χ4n) is 3.40. The monoisotopic (exact) mass is 249 g/mol. The van der Waals surface area contributed by atoms with Gasteiger partial charge < -0.3 is 5.32 Å². The predicted octanol–water partition coefficient (Wildman–Crippen LogP) is 2.53. The molecule has 0 amide bonds. The average Bonchev–Trinajstić information content (AvgIpc) is 3.23. The van der Waals surface area contributed by atoms with Crippen molar-refractivity contribution in [2.75, 3.05) is 20.1 Å². The second-order valence-electron chi connectivity index (χ2n) is 5.99. The minimum Gasteiger partial charge on any atom is -0.301 e. The number of hydrogen-bond acceptors (Lipinski definition) is 3. The van der Waals surface area contributed by atoms with Crippen molar-refractivity contribution in [3.63, 3.8) is 0 Å². The molecule has 0 spiro atoms. The van der Waals surface area contributed by atoms with E-state index in [0.29, 0.717) is 12.0 Å². The molecule has 1 N–H and O–H groups in total. The van der Waals surface area contributed by atoms with Crippen LogP contribution >= 0.6 is 0 Å². The van der Waals surface area contributed by atoms with E-state index in [4.69, 9.17) is 0 Å². The normalized spacial score (nSPS) is 29.3. The third-order valence-electron chi connectivity index (χ3n) is 4.84. The summed E-state index contributed by atoms with van der Waals surface area (Å²) < 4.78 is 0. The Bertz CT molecular complexity index is 305. The lowest BCUT2D eigenvalue weighted by atomic mass is 9.93. The predicted molar refractivity (Wildman–Crippen MR) is 74.2 cm³/mol. The fraction of sp³-hybridized carbons (Fsp3) is 0.933. The van der Waals surface area contributed by atoms with Crippen molar-refractivity contribution in [3.05, 3.63) is 0 Å². The highest BCUT2D eigenvalue weighted by atomic mass is 15.2. The second-order valence-corrected chi connectivity index (χ2v) is 5.99. The molecule has 0 bridgehead atoms. The molecule has 1 heterocycles. The van der Waals surface area contributed by atoms with Gasteiger partial charge >= 0.3 is 0 Å². The molecule has 3 nitrogen and oxygen atoms in total. The Hall–Kier alpha value is -0.590. The van der Waals surface area contributed by atoms with E-state index in [0.717, 1.165) is 6.54 Å². The maximum Gasteiger partial charge on any atom is 0.122 e. The molecule has 18 heavy (non-hydrogen) atoms. The molecule has 1 aliphatic heterocycles. The fourth-order valence-corrected chi connectivity index (χ4v) is 3.40. The number of likely N-dealkylation sites (tertiary alicyclic amines) is 1. The van der Waals surface area contributed by atoms with Crippen LogP contribution in [0, 0.1) is 17.2 Å². The van der Waals surface area contributed by atoms with Crippen LogP contribution in [0.3, 0.4) is 0 Å². The van der Waals surface area contributed by atoms with Crippen molar-refractivity contribution in [1.82, 2.24) is 10.2 Å². The van der Waals surface area contributed by atoms with Gasteiger partial charge in [0.2, 0.25) is 0 Å². The largest absolute Gasteiger partial charge is 0.301 e. The minimum absolute atomic E-state index is 0.294. The van der Waals surface area contributed by atoms with Crippen molar-refractivity contribution in [3.8, 4) is 6.07 Å². The zero-order chi connectivity index (χ0) is 13.0. The average molecular weight is 249 g/mol. The highest BCUT2D eigenvalue weighted by Crippen LogP contribution is 2.40. The van der Waals surface area contributed by atoms with Gasteiger partial charge in [0.05, 0.1) is 6.07 Å². The lowest BCUT2D eigenvalue weighted by Gasteiger charge is -2.37. The van der Waals surface area contributed by atoms with E-state index in [1.54, 1.807) is 0 Å². The van der Waals surface area contributed by atoms with Crippen LogP contribution < -0.4 is 5.32 Å². The summed E-state index contributed by atoms with van der Waals surface area (Å²) >= 11 is 0. The molecule has 1 saturated heterocycles. The zero-order valence-electron chi connectivity index (χ0n) is 11.9. The maximum absolute atomic E-state index is 9.61. The minimum atomic E-state index is -0.294. The van der Waals surface area contributed by atoms with Crippen LogP contribution in [0.4, 0.5) is 0 Å². The smallest absolute Gasteiger partial charge is 0.122 e. The van der Waals surface area contributed by atoms with Crippen molar-refractivity contribution < 1.29 is 0 Å². The lowest BCUT2D eigenvalue weighted by Crippen LogP contribution is -2.55. The molecule has 0 aromatic heterocycles. The molecule has 0 aromatic rings. The third kappa shape index (κ3) is 2.87. The van der Waals surface area contributed by atoms with Gasteiger partial charge in [-0.3, -0.25) is 4.90 Å². The Balaban J connectivity index is 2.06. The van der Waals surface area contributed by atoms with Crippen LogP contribution in [0.2, 0.25) is 0 Å². The summed E-state index contributed by atoms with van der Waals surface area (Å²) in [5.74, 6) is 0.577. The standard InChI is InChI=1S/C15H27N3/c1-3-14-7-5-4-6-10-18(14)12-15(11-16,17-2)13-8-9-13/h13-14,17H,3-10,12H2,1-2H3. The topological polar surface area (TPSA) is 39.1 Å². The quantitative estimate of drug-likeness (QED) is 0.814. The molecule has 2 fully saturated rings. The number of likely N-dealkylation sites (N-methyl/N-ethyl adjacent to an activating group) is 1. The van der Waals surface area contributed by atoms with Crippen molar-refractivity contribution in [2.24, 2.45) is 5.92 Å². The summed E-state index contributed by atoms with van der Waals surface area (Å²) in [7, 11) is 1.96. The molecule has 102 valence electrons. The Morgan fingerprint density at radius 3 is 2.61 bits per heavy atom. The van der Waals surface area contributed by atoms with Gasteiger partial charge in [0.15, 0.2) is 0 Å². The number of nitrogens with one attached hydrogen (secondary N) is 1. The molecule has 3 heteroatoms. The summed E-state index contributed by atoms with van der Waals surface area (Å²) in [5, 5.41) is 12.9. The van der Waals surface area contributed by atoms with Crippen LogP contribution in [0.1, 0.15) is 51.9 Å². The van der Waals surface area contributed by atoms with E-state index < -0.39 is 0 Å². The Morgan fingerprint density at radius 1 is 1.28 bits per heavy atom. The molecule has 2 atom stereocenters. The van der Waals surface area contributed by atoms with E-state index in [2.05, 4.69) is 23.2 Å². The number of rotatable bonds is 5. The molecule has 1 aliphatic carbocycles. The SMILES string of the molecule is CCC1CCCCCN1CC(C#N)(NC)C1CC1. The molecule has 1 saturated carbocycles. The van der Waals surface area contributed by atoms with Gasteiger partial charge in [0.25, 0.3) is 0 Å². The van der Waals surface area contributed by atoms with Crippen LogP contribution in [0.15, 0.2) is 0 Å². The summed E-state index contributed by atoms with van der Waals surface area (Å²) in [6.45, 7) is 4.38. The first-order valence-electron chi connectivity index (χ1n) is 7.60. The maximum atomic E-state index is 9.61. The number of hydrogen-bond donors (Lipinski definition) is 1. The van der Waals surface area contributed by atoms with Gasteiger partial charge in [0.1, 0.15) is 5.54 Å². The van der Waals surface area contributed by atoms with Crippen molar-refractivity contribution in [2.45, 2.75) is 63.5 Å². The van der Waals surface area contributed by atoms with E-state index in [1.807, 2.05) is 7.05 Å². The second kappa shape index (κ2) is 6.04. The van der Waals surface area contributed by atoms with Crippen molar-refractivity contribution >= 4 is 0 Å². The molecule has 2 unspecified atom stereocenters. The van der Waals surface area contributed by atoms with Gasteiger partial charge in [0, 0.05) is 12.6 Å². The Labute approximate surface area is 112 Å². The van der Waals surface area contributed by atoms with Crippen LogP contribution in [-0.4, -0.2) is 36.6 Å². The van der Waals surface area contributed by atoms with E-state index >= 15 is 0 Å². The lowest BCUT2D eigenvalue weighted by molar-refractivity contribution is 0.147. The van der Waals surface area contributed by atoms with Gasteiger partial charge in [-0.1, -0.05) is 19.8 Å². The number of nitriles is 1. The highest BCUT2D eigenvalue weighted by Gasteiger charge is 2.46. The van der Waals surface area contributed by atoms with Gasteiger partial charge in [-0.05, 0) is 51.6 Å². The molecular weight excluding hydrogens is 222 g/mol. The van der Waals surface area contributed by atoms with Gasteiger partial charge in [-0.25, -0.2) is 0 Å². The molecule has 0 aromatic carbocycles.